The Hall–Kier alpha value is -5.22. The van der Waals surface area contributed by atoms with Gasteiger partial charge in [0.2, 0.25) is 11.5 Å². The Labute approximate surface area is 272 Å². The second-order valence-electron chi connectivity index (χ2n) is 10.0. The lowest BCUT2D eigenvalue weighted by atomic mass is 10.0. The van der Waals surface area contributed by atoms with Crippen LogP contribution in [0, 0.1) is 0 Å². The van der Waals surface area contributed by atoms with Gasteiger partial charge in [-0.3, -0.25) is 4.79 Å². The van der Waals surface area contributed by atoms with Crippen LogP contribution in [0.25, 0.3) is 33.5 Å². The summed E-state index contributed by atoms with van der Waals surface area (Å²) in [6, 6.07) is 20.0. The summed E-state index contributed by atoms with van der Waals surface area (Å²) >= 11 is 6.28. The largest absolute Gasteiger partial charge is 0.493 e. The number of nitrogens with zero attached hydrogens (tertiary/aromatic N) is 2. The molecule has 1 heterocycles. The number of carbonyl (C=O) groups is 1. The van der Waals surface area contributed by atoms with Gasteiger partial charge in [-0.25, -0.2) is 9.97 Å². The van der Waals surface area contributed by atoms with Gasteiger partial charge in [-0.2, -0.15) is 0 Å². The van der Waals surface area contributed by atoms with Gasteiger partial charge in [0.1, 0.15) is 0 Å². The zero-order chi connectivity index (χ0) is 32.8. The third-order valence-corrected chi connectivity index (χ3v) is 7.81. The molecule has 4 aromatic carbocycles. The number of ether oxygens (including phenoxy) is 6. The van der Waals surface area contributed by atoms with Crippen LogP contribution in [0.15, 0.2) is 66.7 Å². The number of fused-ring (bicyclic) bond motifs is 1. The van der Waals surface area contributed by atoms with Crippen LogP contribution in [0.1, 0.15) is 15.9 Å². The maximum atomic E-state index is 13.2. The fraction of sp³-hybridized carbons (Fsp3) is 0.229. The highest BCUT2D eigenvalue weighted by atomic mass is 35.5. The molecule has 0 unspecified atom stereocenters. The van der Waals surface area contributed by atoms with Crippen molar-refractivity contribution in [3.05, 3.63) is 82.9 Å². The predicted octanol–water partition coefficient (Wildman–Crippen LogP) is 6.64. The van der Waals surface area contributed by atoms with Crippen LogP contribution in [0.4, 0.5) is 0 Å². The number of hydrogen-bond donors (Lipinski definition) is 1. The molecule has 238 valence electrons. The Bertz CT molecular complexity index is 1850. The van der Waals surface area contributed by atoms with E-state index >= 15 is 0 Å². The summed E-state index contributed by atoms with van der Waals surface area (Å²) in [6.07, 6.45) is 0.599. The Morgan fingerprint density at radius 2 is 1.15 bits per heavy atom. The van der Waals surface area contributed by atoms with Crippen molar-refractivity contribution in [3.63, 3.8) is 0 Å². The summed E-state index contributed by atoms with van der Waals surface area (Å²) in [5, 5.41) is 3.64. The summed E-state index contributed by atoms with van der Waals surface area (Å²) in [5.41, 5.74) is 4.82. The molecule has 0 fully saturated rings. The number of nitrogens with one attached hydrogen (secondary N) is 1. The quantitative estimate of drug-likeness (QED) is 0.160. The van der Waals surface area contributed by atoms with Gasteiger partial charge in [-0.15, -0.1) is 0 Å². The highest BCUT2D eigenvalue weighted by Crippen LogP contribution is 2.45. The molecule has 0 bridgehead atoms. The van der Waals surface area contributed by atoms with Gasteiger partial charge in [0, 0.05) is 28.3 Å². The molecule has 5 aromatic rings. The maximum absolute atomic E-state index is 13.2. The normalized spacial score (nSPS) is 10.8. The minimum atomic E-state index is -0.237. The van der Waals surface area contributed by atoms with Gasteiger partial charge >= 0.3 is 0 Å². The van der Waals surface area contributed by atoms with E-state index in [4.69, 9.17) is 50.0 Å². The number of carbonyl (C=O) groups excluding carboxylic acids is 1. The zero-order valence-corrected chi connectivity index (χ0v) is 27.2. The SMILES string of the molecule is COc1cc(-c2nc3ccc(C(=O)NCCc4ccccc4Cl)cc3nc2-c2cc(OC)c(OC)c(OC)c2)cc(OC)c1OC. The van der Waals surface area contributed by atoms with Crippen molar-refractivity contribution in [1.82, 2.24) is 15.3 Å². The monoisotopic (exact) mass is 643 g/mol. The molecule has 11 heteroatoms. The number of hydrogen-bond acceptors (Lipinski definition) is 9. The van der Waals surface area contributed by atoms with E-state index in [-0.39, 0.29) is 5.91 Å². The van der Waals surface area contributed by atoms with Crippen molar-refractivity contribution < 1.29 is 33.2 Å². The van der Waals surface area contributed by atoms with Crippen molar-refractivity contribution in [2.75, 3.05) is 49.2 Å². The van der Waals surface area contributed by atoms with Crippen molar-refractivity contribution >= 4 is 28.5 Å². The number of aromatic nitrogens is 2. The van der Waals surface area contributed by atoms with Crippen LogP contribution in [-0.2, 0) is 6.42 Å². The van der Waals surface area contributed by atoms with Gasteiger partial charge in [-0.1, -0.05) is 29.8 Å². The Morgan fingerprint density at radius 1 is 0.652 bits per heavy atom. The van der Waals surface area contributed by atoms with Gasteiger partial charge < -0.3 is 33.7 Å². The van der Waals surface area contributed by atoms with Crippen LogP contribution in [0.5, 0.6) is 34.5 Å². The molecular weight excluding hydrogens is 610 g/mol. The van der Waals surface area contributed by atoms with Crippen molar-refractivity contribution in [2.24, 2.45) is 0 Å². The smallest absolute Gasteiger partial charge is 0.251 e. The molecule has 0 radical (unpaired) electrons. The molecule has 1 amide bonds. The van der Waals surface area contributed by atoms with Crippen LogP contribution >= 0.6 is 11.6 Å². The van der Waals surface area contributed by atoms with Gasteiger partial charge in [0.05, 0.1) is 65.1 Å². The minimum absolute atomic E-state index is 0.237. The average molecular weight is 644 g/mol. The summed E-state index contributed by atoms with van der Waals surface area (Å²) in [6.45, 7) is 0.420. The molecular formula is C35H34ClN3O7. The second-order valence-corrected chi connectivity index (χ2v) is 10.5. The Morgan fingerprint density at radius 3 is 1.63 bits per heavy atom. The lowest BCUT2D eigenvalue weighted by molar-refractivity contribution is 0.0954. The number of halogens is 1. The topological polar surface area (TPSA) is 110 Å². The number of amides is 1. The lowest BCUT2D eigenvalue weighted by Crippen LogP contribution is -2.25. The summed E-state index contributed by atoms with van der Waals surface area (Å²) < 4.78 is 33.6. The van der Waals surface area contributed by atoms with E-state index in [0.29, 0.717) is 91.6 Å². The number of benzene rings is 4. The third kappa shape index (κ3) is 6.43. The summed E-state index contributed by atoms with van der Waals surface area (Å²) in [4.78, 5) is 23.2. The van der Waals surface area contributed by atoms with E-state index < -0.39 is 0 Å². The lowest BCUT2D eigenvalue weighted by Gasteiger charge is -2.18. The predicted molar refractivity (Wildman–Crippen MR) is 177 cm³/mol. The van der Waals surface area contributed by atoms with Crippen molar-refractivity contribution in [1.29, 1.82) is 0 Å². The standard InChI is InChI=1S/C35H34ClN3O7/c1-41-27-16-22(17-28(42-2)33(27)45-5)31-32(23-18-29(43-3)34(46-6)30(19-23)44-4)39-26-15-21(11-12-25(26)38-31)35(40)37-14-13-20-9-7-8-10-24(20)36/h7-12,15-19H,13-14H2,1-6H3,(H,37,40). The fourth-order valence-corrected chi connectivity index (χ4v) is 5.38. The van der Waals surface area contributed by atoms with Crippen LogP contribution in [0.3, 0.4) is 0 Å². The van der Waals surface area contributed by atoms with E-state index in [2.05, 4.69) is 5.32 Å². The number of rotatable bonds is 12. The molecule has 5 rings (SSSR count). The van der Waals surface area contributed by atoms with Crippen molar-refractivity contribution in [3.8, 4) is 57.0 Å². The van der Waals surface area contributed by atoms with E-state index in [0.717, 1.165) is 5.56 Å². The van der Waals surface area contributed by atoms with E-state index in [9.17, 15) is 4.79 Å². The third-order valence-electron chi connectivity index (χ3n) is 7.44. The molecule has 0 aliphatic heterocycles. The first-order valence-corrected chi connectivity index (χ1v) is 14.7. The first-order valence-electron chi connectivity index (χ1n) is 14.3. The molecule has 0 aliphatic rings. The molecule has 0 saturated heterocycles. The van der Waals surface area contributed by atoms with Crippen LogP contribution in [-0.4, -0.2) is 65.1 Å². The molecule has 10 nitrogen and oxygen atoms in total. The summed E-state index contributed by atoms with van der Waals surface area (Å²) in [5.74, 6) is 2.45. The van der Waals surface area contributed by atoms with Gasteiger partial charge in [0.15, 0.2) is 23.0 Å². The van der Waals surface area contributed by atoms with Gasteiger partial charge in [-0.05, 0) is 60.5 Å². The molecule has 1 N–H and O–H groups in total. The Kier molecular flexibility index (Phi) is 9.97. The average Bonchev–Trinajstić information content (AvgIpc) is 3.09. The molecule has 1 aromatic heterocycles. The van der Waals surface area contributed by atoms with E-state index in [1.807, 2.05) is 24.3 Å². The molecule has 0 spiro atoms. The zero-order valence-electron chi connectivity index (χ0n) is 26.4. The molecule has 46 heavy (non-hydrogen) atoms. The van der Waals surface area contributed by atoms with Crippen LogP contribution in [0.2, 0.25) is 5.02 Å². The van der Waals surface area contributed by atoms with Crippen LogP contribution < -0.4 is 33.7 Å². The van der Waals surface area contributed by atoms with E-state index in [1.165, 1.54) is 7.11 Å². The minimum Gasteiger partial charge on any atom is -0.493 e. The van der Waals surface area contributed by atoms with E-state index in [1.54, 1.807) is 78.0 Å². The second kappa shape index (κ2) is 14.3. The fourth-order valence-electron chi connectivity index (χ4n) is 5.15. The maximum Gasteiger partial charge on any atom is 0.251 e. The molecule has 0 aliphatic carbocycles. The van der Waals surface area contributed by atoms with Gasteiger partial charge in [0.25, 0.3) is 5.91 Å². The first kappa shape index (κ1) is 32.2. The highest BCUT2D eigenvalue weighted by molar-refractivity contribution is 6.31. The summed E-state index contributed by atoms with van der Waals surface area (Å²) in [7, 11) is 9.27. The Balaban J connectivity index is 1.63. The molecule has 0 saturated carbocycles. The molecule has 0 atom stereocenters. The highest BCUT2D eigenvalue weighted by Gasteiger charge is 2.22. The van der Waals surface area contributed by atoms with Crippen molar-refractivity contribution in [2.45, 2.75) is 6.42 Å². The number of methoxy groups -OCH3 is 6. The first-order chi connectivity index (χ1) is 22.3.